The fourth-order valence-electron chi connectivity index (χ4n) is 1.72. The second-order valence-corrected chi connectivity index (χ2v) is 6.10. The van der Waals surface area contributed by atoms with Crippen molar-refractivity contribution in [3.8, 4) is 6.07 Å². The van der Waals surface area contributed by atoms with Gasteiger partial charge in [0.2, 0.25) is 10.0 Å². The molecule has 0 aliphatic rings. The van der Waals surface area contributed by atoms with Crippen molar-refractivity contribution in [1.29, 1.82) is 5.26 Å². The molecule has 18 heavy (non-hydrogen) atoms. The molecule has 4 nitrogen and oxygen atoms in total. The number of hydrogen-bond donors (Lipinski definition) is 0. The first kappa shape index (κ1) is 14.7. The molecule has 98 valence electrons. The molecule has 0 spiro atoms. The van der Waals surface area contributed by atoms with Gasteiger partial charge >= 0.3 is 0 Å². The van der Waals surface area contributed by atoms with E-state index in [2.05, 4.69) is 0 Å². The Hall–Kier alpha value is -1.38. The van der Waals surface area contributed by atoms with Crippen molar-refractivity contribution in [3.05, 3.63) is 35.9 Å². The van der Waals surface area contributed by atoms with Crippen molar-refractivity contribution >= 4 is 10.0 Å². The van der Waals surface area contributed by atoms with E-state index in [1.54, 1.807) is 13.8 Å². The number of hydrogen-bond acceptors (Lipinski definition) is 3. The summed E-state index contributed by atoms with van der Waals surface area (Å²) in [6, 6.07) is 11.3. The van der Waals surface area contributed by atoms with E-state index in [9.17, 15) is 8.42 Å². The maximum Gasteiger partial charge on any atom is 0.230 e. The van der Waals surface area contributed by atoms with Crippen LogP contribution in [0.4, 0.5) is 0 Å². The van der Waals surface area contributed by atoms with Crippen LogP contribution in [-0.4, -0.2) is 24.5 Å². The van der Waals surface area contributed by atoms with Gasteiger partial charge in [-0.25, -0.2) is 8.42 Å². The van der Waals surface area contributed by atoms with Gasteiger partial charge in [0.1, 0.15) is 0 Å². The number of rotatable bonds is 6. The van der Waals surface area contributed by atoms with Crippen molar-refractivity contribution in [2.75, 3.05) is 6.54 Å². The third-order valence-electron chi connectivity index (χ3n) is 2.79. The standard InChI is InChI=1S/C13H18N2O2S/c1-3-13(10-14)18(16,17)15(4-2)11-12-8-6-5-7-9-12/h5-9,13H,3-4,11H2,1-2H3. The summed E-state index contributed by atoms with van der Waals surface area (Å²) in [6.45, 7) is 4.18. The summed E-state index contributed by atoms with van der Waals surface area (Å²) in [6.07, 6.45) is 0.310. The zero-order valence-electron chi connectivity index (χ0n) is 10.7. The Bertz CT molecular complexity index is 506. The number of benzene rings is 1. The van der Waals surface area contributed by atoms with Gasteiger partial charge in [-0.15, -0.1) is 0 Å². The van der Waals surface area contributed by atoms with Gasteiger partial charge in [-0.2, -0.15) is 9.57 Å². The highest BCUT2D eigenvalue weighted by atomic mass is 32.2. The van der Waals surface area contributed by atoms with E-state index in [0.717, 1.165) is 5.56 Å². The van der Waals surface area contributed by atoms with Crippen molar-refractivity contribution in [2.45, 2.75) is 32.1 Å². The van der Waals surface area contributed by atoms with Crippen LogP contribution in [0.15, 0.2) is 30.3 Å². The van der Waals surface area contributed by atoms with Crippen LogP contribution < -0.4 is 0 Å². The predicted molar refractivity (Wildman–Crippen MR) is 71.1 cm³/mol. The maximum absolute atomic E-state index is 12.2. The Balaban J connectivity index is 2.94. The van der Waals surface area contributed by atoms with Crippen LogP contribution in [0.25, 0.3) is 0 Å². The van der Waals surface area contributed by atoms with E-state index in [1.165, 1.54) is 4.31 Å². The highest BCUT2D eigenvalue weighted by Gasteiger charge is 2.29. The summed E-state index contributed by atoms with van der Waals surface area (Å²) in [5, 5.41) is 7.96. The van der Waals surface area contributed by atoms with Crippen LogP contribution in [0.2, 0.25) is 0 Å². The molecule has 0 aliphatic heterocycles. The molecular weight excluding hydrogens is 248 g/mol. The average Bonchev–Trinajstić information content (AvgIpc) is 2.38. The van der Waals surface area contributed by atoms with E-state index >= 15 is 0 Å². The van der Waals surface area contributed by atoms with Crippen molar-refractivity contribution in [2.24, 2.45) is 0 Å². The largest absolute Gasteiger partial charge is 0.230 e. The molecule has 0 saturated heterocycles. The molecule has 0 amide bonds. The van der Waals surface area contributed by atoms with Gasteiger partial charge in [0.15, 0.2) is 5.25 Å². The van der Waals surface area contributed by atoms with E-state index in [-0.39, 0.29) is 0 Å². The summed E-state index contributed by atoms with van der Waals surface area (Å²) < 4.78 is 25.8. The van der Waals surface area contributed by atoms with Crippen LogP contribution >= 0.6 is 0 Å². The lowest BCUT2D eigenvalue weighted by Crippen LogP contribution is -2.37. The second kappa shape index (κ2) is 6.53. The molecule has 1 rings (SSSR count). The first-order valence-corrected chi connectivity index (χ1v) is 7.49. The van der Waals surface area contributed by atoms with E-state index < -0.39 is 15.3 Å². The summed E-state index contributed by atoms with van der Waals surface area (Å²) >= 11 is 0. The molecule has 0 saturated carbocycles. The first-order valence-electron chi connectivity index (χ1n) is 5.98. The lowest BCUT2D eigenvalue weighted by atomic mass is 10.2. The molecule has 0 heterocycles. The van der Waals surface area contributed by atoms with Gasteiger partial charge in [0.05, 0.1) is 6.07 Å². The van der Waals surface area contributed by atoms with Crippen LogP contribution in [0.3, 0.4) is 0 Å². The fourth-order valence-corrected chi connectivity index (χ4v) is 3.32. The smallest absolute Gasteiger partial charge is 0.211 e. The fraction of sp³-hybridized carbons (Fsp3) is 0.462. The molecule has 1 unspecified atom stereocenters. The Morgan fingerprint density at radius 3 is 2.33 bits per heavy atom. The zero-order chi connectivity index (χ0) is 13.6. The molecule has 1 atom stereocenters. The van der Waals surface area contributed by atoms with Gasteiger partial charge in [-0.1, -0.05) is 44.2 Å². The normalized spacial score (nSPS) is 13.2. The maximum atomic E-state index is 12.2. The molecule has 0 radical (unpaired) electrons. The number of nitrogens with zero attached hydrogens (tertiary/aromatic N) is 2. The highest BCUT2D eigenvalue weighted by Crippen LogP contribution is 2.15. The molecule has 0 aliphatic carbocycles. The van der Waals surface area contributed by atoms with Gasteiger partial charge < -0.3 is 0 Å². The number of sulfonamides is 1. The monoisotopic (exact) mass is 266 g/mol. The second-order valence-electron chi connectivity index (χ2n) is 3.98. The third-order valence-corrected chi connectivity index (χ3v) is 5.05. The average molecular weight is 266 g/mol. The summed E-state index contributed by atoms with van der Waals surface area (Å²) in [7, 11) is -3.54. The molecule has 1 aromatic carbocycles. The first-order chi connectivity index (χ1) is 8.56. The van der Waals surface area contributed by atoms with Crippen molar-refractivity contribution in [3.63, 3.8) is 0 Å². The van der Waals surface area contributed by atoms with Crippen LogP contribution in [-0.2, 0) is 16.6 Å². The molecule has 0 aromatic heterocycles. The number of nitriles is 1. The van der Waals surface area contributed by atoms with E-state index in [1.807, 2.05) is 36.4 Å². The Kier molecular flexibility index (Phi) is 5.32. The highest BCUT2D eigenvalue weighted by molar-refractivity contribution is 7.89. The van der Waals surface area contributed by atoms with Gasteiger partial charge in [0, 0.05) is 13.1 Å². The molecule has 0 bridgehead atoms. The zero-order valence-corrected chi connectivity index (χ0v) is 11.5. The van der Waals surface area contributed by atoms with Crippen molar-refractivity contribution in [1.82, 2.24) is 4.31 Å². The van der Waals surface area contributed by atoms with Crippen molar-refractivity contribution < 1.29 is 8.42 Å². The molecule has 0 N–H and O–H groups in total. The minimum atomic E-state index is -3.54. The lowest BCUT2D eigenvalue weighted by Gasteiger charge is -2.22. The minimum absolute atomic E-state index is 0.310. The van der Waals surface area contributed by atoms with E-state index in [0.29, 0.717) is 19.5 Å². The van der Waals surface area contributed by atoms with Gasteiger partial charge in [-0.3, -0.25) is 0 Å². The van der Waals surface area contributed by atoms with Crippen LogP contribution in [0.5, 0.6) is 0 Å². The van der Waals surface area contributed by atoms with Crippen LogP contribution in [0.1, 0.15) is 25.8 Å². The SMILES string of the molecule is CCC(C#N)S(=O)(=O)N(CC)Cc1ccccc1. The molecule has 1 aromatic rings. The third kappa shape index (κ3) is 3.31. The van der Waals surface area contributed by atoms with Crippen LogP contribution in [0, 0.1) is 11.3 Å². The molecular formula is C13H18N2O2S. The lowest BCUT2D eigenvalue weighted by molar-refractivity contribution is 0.418. The Morgan fingerprint density at radius 1 is 1.28 bits per heavy atom. The Labute approximate surface area is 109 Å². The summed E-state index contributed by atoms with van der Waals surface area (Å²) in [5.74, 6) is 0. The predicted octanol–water partition coefficient (Wildman–Crippen LogP) is 2.14. The van der Waals surface area contributed by atoms with E-state index in [4.69, 9.17) is 5.26 Å². The molecule has 0 fully saturated rings. The minimum Gasteiger partial charge on any atom is -0.211 e. The topological polar surface area (TPSA) is 61.2 Å². The summed E-state index contributed by atoms with van der Waals surface area (Å²) in [4.78, 5) is 0. The summed E-state index contributed by atoms with van der Waals surface area (Å²) in [5.41, 5.74) is 0.927. The Morgan fingerprint density at radius 2 is 1.89 bits per heavy atom. The van der Waals surface area contributed by atoms with Gasteiger partial charge in [-0.05, 0) is 12.0 Å². The van der Waals surface area contributed by atoms with Gasteiger partial charge in [0.25, 0.3) is 0 Å². The molecule has 5 heteroatoms. The quantitative estimate of drug-likeness (QED) is 0.792.